The van der Waals surface area contributed by atoms with Crippen molar-refractivity contribution in [3.05, 3.63) is 30.1 Å². The van der Waals surface area contributed by atoms with Crippen LogP contribution in [0.2, 0.25) is 0 Å². The lowest BCUT2D eigenvalue weighted by atomic mass is 9.96. The highest BCUT2D eigenvalue weighted by atomic mass is 16.5. The van der Waals surface area contributed by atoms with Crippen LogP contribution in [0.25, 0.3) is 0 Å². The molecule has 1 aromatic rings. The number of hydrogen-bond acceptors (Lipinski definition) is 4. The molecule has 0 radical (unpaired) electrons. The first-order valence-electron chi connectivity index (χ1n) is 5.40. The second-order valence-electron chi connectivity index (χ2n) is 3.98. The molecule has 2 unspecified atom stereocenters. The van der Waals surface area contributed by atoms with Crippen molar-refractivity contribution in [1.29, 1.82) is 0 Å². The van der Waals surface area contributed by atoms with Crippen LogP contribution in [0, 0.1) is 11.8 Å². The van der Waals surface area contributed by atoms with E-state index >= 15 is 0 Å². The third kappa shape index (κ3) is 3.86. The van der Waals surface area contributed by atoms with Crippen LogP contribution in [-0.4, -0.2) is 23.5 Å². The topological polar surface area (TPSA) is 82.3 Å². The van der Waals surface area contributed by atoms with Gasteiger partial charge in [0.1, 0.15) is 5.69 Å². The van der Waals surface area contributed by atoms with Crippen molar-refractivity contribution in [3.8, 4) is 0 Å². The van der Waals surface area contributed by atoms with Crippen LogP contribution in [0.1, 0.15) is 24.3 Å². The van der Waals surface area contributed by atoms with E-state index in [0.717, 1.165) is 0 Å². The number of hydrogen-bond donors (Lipinski definition) is 1. The van der Waals surface area contributed by atoms with Gasteiger partial charge in [-0.25, -0.2) is 9.78 Å². The molecule has 1 aromatic heterocycles. The van der Waals surface area contributed by atoms with E-state index in [1.807, 2.05) is 0 Å². The van der Waals surface area contributed by atoms with Crippen LogP contribution in [0.15, 0.2) is 24.4 Å². The summed E-state index contributed by atoms with van der Waals surface area (Å²) in [5, 5.41) is 0. The second-order valence-corrected chi connectivity index (χ2v) is 3.98. The molecule has 5 nitrogen and oxygen atoms in total. The van der Waals surface area contributed by atoms with Crippen LogP contribution in [0.5, 0.6) is 0 Å². The fourth-order valence-corrected chi connectivity index (χ4v) is 1.19. The molecule has 0 fully saturated rings. The van der Waals surface area contributed by atoms with Crippen molar-refractivity contribution in [2.24, 2.45) is 17.6 Å². The Bertz CT molecular complexity index is 392. The summed E-state index contributed by atoms with van der Waals surface area (Å²) in [5.74, 6) is -1.33. The molecular formula is C12H16N2O3. The van der Waals surface area contributed by atoms with Gasteiger partial charge in [0.05, 0.1) is 6.61 Å². The van der Waals surface area contributed by atoms with Crippen LogP contribution >= 0.6 is 0 Å². The second kappa shape index (κ2) is 5.98. The van der Waals surface area contributed by atoms with Gasteiger partial charge in [0.2, 0.25) is 5.91 Å². The minimum atomic E-state index is -0.492. The third-order valence-electron chi connectivity index (χ3n) is 2.65. The molecule has 0 bridgehead atoms. The quantitative estimate of drug-likeness (QED) is 0.773. The van der Waals surface area contributed by atoms with Crippen LogP contribution < -0.4 is 5.73 Å². The highest BCUT2D eigenvalue weighted by Gasteiger charge is 2.19. The van der Waals surface area contributed by atoms with E-state index in [-0.39, 0.29) is 24.1 Å². The Balaban J connectivity index is 2.46. The highest BCUT2D eigenvalue weighted by molar-refractivity contribution is 5.87. The number of nitrogens with two attached hydrogens (primary N) is 1. The van der Waals surface area contributed by atoms with Gasteiger partial charge < -0.3 is 10.5 Å². The normalized spacial score (nSPS) is 13.8. The molecule has 0 aliphatic carbocycles. The zero-order valence-corrected chi connectivity index (χ0v) is 9.92. The minimum absolute atomic E-state index is 0.111. The number of pyridine rings is 1. The molecule has 1 amide bonds. The molecule has 0 aliphatic rings. The van der Waals surface area contributed by atoms with Gasteiger partial charge in [0.25, 0.3) is 0 Å². The first-order valence-corrected chi connectivity index (χ1v) is 5.40. The Morgan fingerprint density at radius 3 is 2.65 bits per heavy atom. The van der Waals surface area contributed by atoms with E-state index in [0.29, 0.717) is 0 Å². The van der Waals surface area contributed by atoms with Crippen molar-refractivity contribution in [2.75, 3.05) is 6.61 Å². The lowest BCUT2D eigenvalue weighted by molar-refractivity contribution is -0.123. The van der Waals surface area contributed by atoms with Gasteiger partial charge in [0.15, 0.2) is 0 Å². The Labute approximate surface area is 100.0 Å². The van der Waals surface area contributed by atoms with E-state index in [1.54, 1.807) is 32.0 Å². The Morgan fingerprint density at radius 1 is 1.41 bits per heavy atom. The Kier molecular flexibility index (Phi) is 4.63. The van der Waals surface area contributed by atoms with Crippen molar-refractivity contribution in [1.82, 2.24) is 4.98 Å². The van der Waals surface area contributed by atoms with Crippen LogP contribution in [-0.2, 0) is 9.53 Å². The Morgan fingerprint density at radius 2 is 2.12 bits per heavy atom. The maximum atomic E-state index is 11.5. The number of aromatic nitrogens is 1. The summed E-state index contributed by atoms with van der Waals surface area (Å²) in [6.45, 7) is 3.67. The average Bonchev–Trinajstić information content (AvgIpc) is 2.35. The summed E-state index contributed by atoms with van der Waals surface area (Å²) in [6, 6.07) is 5.00. The molecule has 5 heteroatoms. The molecule has 0 spiro atoms. The zero-order chi connectivity index (χ0) is 12.8. The number of rotatable bonds is 5. The van der Waals surface area contributed by atoms with Gasteiger partial charge >= 0.3 is 5.97 Å². The van der Waals surface area contributed by atoms with Gasteiger partial charge in [-0.1, -0.05) is 19.9 Å². The average molecular weight is 236 g/mol. The third-order valence-corrected chi connectivity index (χ3v) is 2.65. The van der Waals surface area contributed by atoms with Crippen LogP contribution in [0.4, 0.5) is 0 Å². The molecule has 17 heavy (non-hydrogen) atoms. The lowest BCUT2D eigenvalue weighted by Crippen LogP contribution is -2.29. The fraction of sp³-hybridized carbons (Fsp3) is 0.417. The van der Waals surface area contributed by atoms with E-state index in [4.69, 9.17) is 10.5 Å². The van der Waals surface area contributed by atoms with Gasteiger partial charge in [-0.15, -0.1) is 0 Å². The molecule has 2 N–H and O–H groups in total. The number of ether oxygens (including phenoxy) is 1. The van der Waals surface area contributed by atoms with Crippen molar-refractivity contribution in [2.45, 2.75) is 13.8 Å². The van der Waals surface area contributed by atoms with Crippen molar-refractivity contribution < 1.29 is 14.3 Å². The summed E-state index contributed by atoms with van der Waals surface area (Å²) >= 11 is 0. The Hall–Kier alpha value is -1.91. The fourth-order valence-electron chi connectivity index (χ4n) is 1.19. The molecule has 0 saturated heterocycles. The maximum Gasteiger partial charge on any atom is 0.356 e. The monoisotopic (exact) mass is 236 g/mol. The van der Waals surface area contributed by atoms with Gasteiger partial charge in [0, 0.05) is 18.0 Å². The number of nitrogens with zero attached hydrogens (tertiary/aromatic N) is 1. The molecule has 0 saturated carbocycles. The van der Waals surface area contributed by atoms with E-state index in [9.17, 15) is 9.59 Å². The number of esters is 1. The van der Waals surface area contributed by atoms with E-state index in [1.165, 1.54) is 6.20 Å². The first kappa shape index (κ1) is 13.2. The summed E-state index contributed by atoms with van der Waals surface area (Å²) in [4.78, 5) is 26.3. The summed E-state index contributed by atoms with van der Waals surface area (Å²) < 4.78 is 5.05. The largest absolute Gasteiger partial charge is 0.461 e. The predicted octanol–water partition coefficient (Wildman–Crippen LogP) is 0.996. The van der Waals surface area contributed by atoms with Crippen LogP contribution in [0.3, 0.4) is 0 Å². The molecular weight excluding hydrogens is 220 g/mol. The van der Waals surface area contributed by atoms with Crippen molar-refractivity contribution >= 4 is 11.9 Å². The maximum absolute atomic E-state index is 11.5. The summed E-state index contributed by atoms with van der Waals surface area (Å²) in [5.41, 5.74) is 5.42. The number of amides is 1. The zero-order valence-electron chi connectivity index (χ0n) is 9.92. The first-order chi connectivity index (χ1) is 8.02. The smallest absolute Gasteiger partial charge is 0.356 e. The summed E-state index contributed by atoms with van der Waals surface area (Å²) in [7, 11) is 0. The SMILES string of the molecule is CC(COC(=O)c1ccccn1)C(C)C(N)=O. The lowest BCUT2D eigenvalue weighted by Gasteiger charge is -2.16. The highest BCUT2D eigenvalue weighted by Crippen LogP contribution is 2.11. The number of carbonyl (C=O) groups excluding carboxylic acids is 2. The van der Waals surface area contributed by atoms with E-state index in [2.05, 4.69) is 4.98 Å². The molecule has 2 atom stereocenters. The molecule has 0 aromatic carbocycles. The minimum Gasteiger partial charge on any atom is -0.461 e. The van der Waals surface area contributed by atoms with Gasteiger partial charge in [-0.05, 0) is 12.1 Å². The molecule has 92 valence electrons. The molecule has 1 rings (SSSR count). The number of carbonyl (C=O) groups is 2. The molecule has 0 aliphatic heterocycles. The molecule has 1 heterocycles. The predicted molar refractivity (Wildman–Crippen MR) is 62.0 cm³/mol. The van der Waals surface area contributed by atoms with Gasteiger partial charge in [-0.3, -0.25) is 4.79 Å². The standard InChI is InChI=1S/C12H16N2O3/c1-8(9(2)11(13)15)7-17-12(16)10-5-3-4-6-14-10/h3-6,8-9H,7H2,1-2H3,(H2,13,15). The summed E-state index contributed by atoms with van der Waals surface area (Å²) in [6.07, 6.45) is 1.52. The van der Waals surface area contributed by atoms with Crippen molar-refractivity contribution in [3.63, 3.8) is 0 Å². The van der Waals surface area contributed by atoms with E-state index < -0.39 is 11.9 Å². The number of primary amides is 1. The van der Waals surface area contributed by atoms with Gasteiger partial charge in [-0.2, -0.15) is 0 Å².